The van der Waals surface area contributed by atoms with Crippen LogP contribution >= 0.6 is 0 Å². The quantitative estimate of drug-likeness (QED) is 0.758. The lowest BCUT2D eigenvalue weighted by molar-refractivity contribution is -0.132. The number of nitrogens with zero attached hydrogens (tertiary/aromatic N) is 4. The molecule has 1 aromatic heterocycles. The molecule has 2 aliphatic rings. The van der Waals surface area contributed by atoms with Gasteiger partial charge in [0.1, 0.15) is 19.5 Å². The fourth-order valence-corrected chi connectivity index (χ4v) is 2.20. The van der Waals surface area contributed by atoms with Crippen LogP contribution in [0.25, 0.3) is 0 Å². The van der Waals surface area contributed by atoms with E-state index in [0.717, 1.165) is 0 Å². The van der Waals surface area contributed by atoms with E-state index in [1.54, 1.807) is 23.4 Å². The van der Waals surface area contributed by atoms with E-state index in [1.165, 1.54) is 6.26 Å². The number of hydrogen-bond acceptors (Lipinski definition) is 6. The first-order valence-corrected chi connectivity index (χ1v) is 6.60. The predicted octanol–water partition coefficient (Wildman–Crippen LogP) is 0.0134. The standard InChI is InChI=1S/C13H16N4O3/c18-12(11-10-19-8-9-20-11)16-4-6-17(7-5-16)13-14-2-1-3-15-13/h1-3,10H,4-9H2. The predicted molar refractivity (Wildman–Crippen MR) is 70.8 cm³/mol. The van der Waals surface area contributed by atoms with Gasteiger partial charge in [-0.25, -0.2) is 9.97 Å². The summed E-state index contributed by atoms with van der Waals surface area (Å²) in [5.41, 5.74) is 0. The summed E-state index contributed by atoms with van der Waals surface area (Å²) in [6.07, 6.45) is 4.84. The molecule has 0 saturated carbocycles. The Bertz CT molecular complexity index is 498. The molecule has 1 saturated heterocycles. The normalized spacial score (nSPS) is 18.9. The Morgan fingerprint density at radius 1 is 1.10 bits per heavy atom. The van der Waals surface area contributed by atoms with Crippen molar-refractivity contribution in [2.45, 2.75) is 0 Å². The molecular formula is C13H16N4O3. The van der Waals surface area contributed by atoms with Crippen LogP contribution in [0.4, 0.5) is 5.95 Å². The molecule has 2 aliphatic heterocycles. The molecule has 0 aliphatic carbocycles. The Morgan fingerprint density at radius 3 is 2.50 bits per heavy atom. The number of hydrogen-bond donors (Lipinski definition) is 0. The van der Waals surface area contributed by atoms with Crippen LogP contribution in [0.3, 0.4) is 0 Å². The lowest BCUT2D eigenvalue weighted by Gasteiger charge is -2.35. The first kappa shape index (κ1) is 12.7. The average Bonchev–Trinajstić information content (AvgIpc) is 2.56. The van der Waals surface area contributed by atoms with E-state index in [4.69, 9.17) is 9.47 Å². The van der Waals surface area contributed by atoms with Crippen molar-refractivity contribution in [2.75, 3.05) is 44.3 Å². The second kappa shape index (κ2) is 5.77. The summed E-state index contributed by atoms with van der Waals surface area (Å²) in [5.74, 6) is 0.884. The third-order valence-electron chi connectivity index (χ3n) is 3.26. The number of carbonyl (C=O) groups is 1. The summed E-state index contributed by atoms with van der Waals surface area (Å²) in [7, 11) is 0. The maximum atomic E-state index is 12.2. The maximum Gasteiger partial charge on any atom is 0.292 e. The van der Waals surface area contributed by atoms with Crippen LogP contribution < -0.4 is 4.90 Å². The Balaban J connectivity index is 1.58. The second-order valence-electron chi connectivity index (χ2n) is 4.53. The number of amides is 1. The van der Waals surface area contributed by atoms with Crippen LogP contribution in [0.15, 0.2) is 30.5 Å². The van der Waals surface area contributed by atoms with Crippen molar-refractivity contribution in [3.8, 4) is 0 Å². The molecule has 0 aromatic carbocycles. The Hall–Kier alpha value is -2.31. The Morgan fingerprint density at radius 2 is 1.85 bits per heavy atom. The van der Waals surface area contributed by atoms with E-state index in [1.807, 2.05) is 0 Å². The van der Waals surface area contributed by atoms with E-state index < -0.39 is 0 Å². The molecule has 1 fully saturated rings. The number of rotatable bonds is 2. The van der Waals surface area contributed by atoms with Crippen molar-refractivity contribution < 1.29 is 14.3 Å². The topological polar surface area (TPSA) is 67.8 Å². The third-order valence-corrected chi connectivity index (χ3v) is 3.26. The van der Waals surface area contributed by atoms with Gasteiger partial charge in [-0.15, -0.1) is 0 Å². The summed E-state index contributed by atoms with van der Waals surface area (Å²) in [6, 6.07) is 1.79. The molecule has 1 amide bonds. The Labute approximate surface area is 116 Å². The highest BCUT2D eigenvalue weighted by molar-refractivity contribution is 5.91. The minimum absolute atomic E-state index is 0.113. The molecule has 0 atom stereocenters. The van der Waals surface area contributed by atoms with E-state index in [-0.39, 0.29) is 5.91 Å². The van der Waals surface area contributed by atoms with Gasteiger partial charge in [0, 0.05) is 38.6 Å². The zero-order valence-electron chi connectivity index (χ0n) is 11.1. The summed E-state index contributed by atoms with van der Waals surface area (Å²) in [4.78, 5) is 24.5. The van der Waals surface area contributed by atoms with Crippen LogP contribution in [-0.2, 0) is 14.3 Å². The highest BCUT2D eigenvalue weighted by Gasteiger charge is 2.26. The molecule has 106 valence electrons. The van der Waals surface area contributed by atoms with Crippen molar-refractivity contribution in [3.63, 3.8) is 0 Å². The second-order valence-corrected chi connectivity index (χ2v) is 4.53. The van der Waals surface area contributed by atoms with Crippen LogP contribution in [0.2, 0.25) is 0 Å². The van der Waals surface area contributed by atoms with Crippen LogP contribution in [0.1, 0.15) is 0 Å². The number of aromatic nitrogens is 2. The van der Waals surface area contributed by atoms with Gasteiger partial charge in [0.2, 0.25) is 11.7 Å². The molecule has 20 heavy (non-hydrogen) atoms. The number of anilines is 1. The smallest absolute Gasteiger partial charge is 0.292 e. The fourth-order valence-electron chi connectivity index (χ4n) is 2.20. The minimum atomic E-state index is -0.113. The molecule has 0 unspecified atom stereocenters. The van der Waals surface area contributed by atoms with Gasteiger partial charge < -0.3 is 19.3 Å². The first-order valence-electron chi connectivity index (χ1n) is 6.60. The summed E-state index contributed by atoms with van der Waals surface area (Å²) in [5, 5.41) is 0. The van der Waals surface area contributed by atoms with Gasteiger partial charge in [0.25, 0.3) is 5.91 Å². The van der Waals surface area contributed by atoms with E-state index >= 15 is 0 Å². The summed E-state index contributed by atoms with van der Waals surface area (Å²) < 4.78 is 10.4. The number of carbonyl (C=O) groups excluding carboxylic acids is 1. The molecule has 0 bridgehead atoms. The third kappa shape index (κ3) is 2.66. The lowest BCUT2D eigenvalue weighted by atomic mass is 10.3. The highest BCUT2D eigenvalue weighted by atomic mass is 16.6. The van der Waals surface area contributed by atoms with Crippen molar-refractivity contribution in [3.05, 3.63) is 30.5 Å². The SMILES string of the molecule is O=C(C1=COCCO1)N1CCN(c2ncccn2)CC1. The monoisotopic (exact) mass is 276 g/mol. The van der Waals surface area contributed by atoms with E-state index in [9.17, 15) is 4.79 Å². The molecule has 7 nitrogen and oxygen atoms in total. The fraction of sp³-hybridized carbons (Fsp3) is 0.462. The first-order chi connectivity index (χ1) is 9.84. The largest absolute Gasteiger partial charge is 0.494 e. The lowest BCUT2D eigenvalue weighted by Crippen LogP contribution is -2.50. The average molecular weight is 276 g/mol. The van der Waals surface area contributed by atoms with Crippen molar-refractivity contribution in [1.29, 1.82) is 0 Å². The number of piperazine rings is 1. The molecule has 3 heterocycles. The highest BCUT2D eigenvalue weighted by Crippen LogP contribution is 2.13. The summed E-state index contributed by atoms with van der Waals surface area (Å²) >= 11 is 0. The summed E-state index contributed by atoms with van der Waals surface area (Å²) in [6.45, 7) is 3.59. The van der Waals surface area contributed by atoms with E-state index in [2.05, 4.69) is 14.9 Å². The van der Waals surface area contributed by atoms with Gasteiger partial charge in [-0.05, 0) is 6.07 Å². The van der Waals surface area contributed by atoms with Gasteiger partial charge in [-0.3, -0.25) is 4.79 Å². The van der Waals surface area contributed by atoms with Crippen molar-refractivity contribution in [1.82, 2.24) is 14.9 Å². The molecule has 1 aromatic rings. The zero-order chi connectivity index (χ0) is 13.8. The van der Waals surface area contributed by atoms with Crippen molar-refractivity contribution >= 4 is 11.9 Å². The molecule has 7 heteroatoms. The van der Waals surface area contributed by atoms with E-state index in [0.29, 0.717) is 51.1 Å². The zero-order valence-corrected chi connectivity index (χ0v) is 11.1. The molecular weight excluding hydrogens is 260 g/mol. The molecule has 0 spiro atoms. The number of ether oxygens (including phenoxy) is 2. The molecule has 0 N–H and O–H groups in total. The van der Waals surface area contributed by atoms with Crippen LogP contribution in [-0.4, -0.2) is 60.2 Å². The van der Waals surface area contributed by atoms with Crippen molar-refractivity contribution in [2.24, 2.45) is 0 Å². The minimum Gasteiger partial charge on any atom is -0.494 e. The van der Waals surface area contributed by atoms with Crippen LogP contribution in [0, 0.1) is 0 Å². The van der Waals surface area contributed by atoms with Gasteiger partial charge in [-0.2, -0.15) is 0 Å². The molecule has 0 radical (unpaired) electrons. The Kier molecular flexibility index (Phi) is 3.67. The van der Waals surface area contributed by atoms with Gasteiger partial charge in [0.05, 0.1) is 0 Å². The molecule has 3 rings (SSSR count). The maximum absolute atomic E-state index is 12.2. The van der Waals surface area contributed by atoms with Gasteiger partial charge in [-0.1, -0.05) is 0 Å². The van der Waals surface area contributed by atoms with Gasteiger partial charge in [0.15, 0.2) is 0 Å². The van der Waals surface area contributed by atoms with Gasteiger partial charge >= 0.3 is 0 Å². The van der Waals surface area contributed by atoms with Crippen LogP contribution in [0.5, 0.6) is 0 Å².